The van der Waals surface area contributed by atoms with Gasteiger partial charge in [0, 0.05) is 25.9 Å². The number of hydrogen-bond acceptors (Lipinski definition) is 4. The van der Waals surface area contributed by atoms with E-state index in [4.69, 9.17) is 13.9 Å². The van der Waals surface area contributed by atoms with E-state index in [-0.39, 0.29) is 0 Å². The molecule has 2 aliphatic rings. The lowest BCUT2D eigenvalue weighted by atomic mass is 10.1. The van der Waals surface area contributed by atoms with Crippen LogP contribution >= 0.6 is 0 Å². The maximum Gasteiger partial charge on any atom is 0.254 e. The first kappa shape index (κ1) is 7.26. The van der Waals surface area contributed by atoms with Crippen molar-refractivity contribution in [2.24, 2.45) is 0 Å². The van der Waals surface area contributed by atoms with Crippen molar-refractivity contribution in [2.75, 3.05) is 13.1 Å². The molecule has 0 unspecified atom stereocenters. The predicted molar refractivity (Wildman–Crippen MR) is 44.8 cm³/mol. The summed E-state index contributed by atoms with van der Waals surface area (Å²) in [5, 5.41) is 3.27. The monoisotopic (exact) mass is 181 g/mol. The summed E-state index contributed by atoms with van der Waals surface area (Å²) in [6, 6.07) is 0. The van der Waals surface area contributed by atoms with E-state index in [1.165, 1.54) is 0 Å². The second kappa shape index (κ2) is 2.42. The van der Waals surface area contributed by atoms with Crippen LogP contribution in [0.2, 0.25) is 0 Å². The minimum atomic E-state index is -0.410. The van der Waals surface area contributed by atoms with Crippen LogP contribution in [0.15, 0.2) is 16.9 Å². The molecule has 3 heterocycles. The molecular weight excluding hydrogens is 170 g/mol. The van der Waals surface area contributed by atoms with Gasteiger partial charge in [-0.25, -0.2) is 0 Å². The minimum Gasteiger partial charge on any atom is -0.465 e. The molecule has 4 nitrogen and oxygen atoms in total. The molecule has 0 radical (unpaired) electrons. The molecule has 1 saturated heterocycles. The van der Waals surface area contributed by atoms with Crippen molar-refractivity contribution in [3.63, 3.8) is 0 Å². The Balaban J connectivity index is 1.86. The van der Waals surface area contributed by atoms with Crippen molar-refractivity contribution in [1.82, 2.24) is 5.32 Å². The number of nitrogens with one attached hydrogen (secondary N) is 1. The van der Waals surface area contributed by atoms with Gasteiger partial charge in [0.1, 0.15) is 12.5 Å². The molecule has 4 heteroatoms. The number of piperidine rings is 1. The van der Waals surface area contributed by atoms with Gasteiger partial charge in [-0.05, 0) is 0 Å². The maximum atomic E-state index is 5.72. The fraction of sp³-hybridized carbons (Fsp3) is 0.556. The van der Waals surface area contributed by atoms with Crippen LogP contribution in [0, 0.1) is 0 Å². The Kier molecular flexibility index (Phi) is 1.35. The van der Waals surface area contributed by atoms with E-state index in [1.54, 1.807) is 12.5 Å². The normalized spacial score (nSPS) is 23.7. The molecular formula is C9H11NO3. The van der Waals surface area contributed by atoms with Crippen molar-refractivity contribution in [3.8, 4) is 11.5 Å². The maximum absolute atomic E-state index is 5.72. The van der Waals surface area contributed by atoms with E-state index in [9.17, 15) is 0 Å². The topological polar surface area (TPSA) is 43.6 Å². The summed E-state index contributed by atoms with van der Waals surface area (Å²) in [5.74, 6) is 1.07. The Morgan fingerprint density at radius 1 is 1.08 bits per heavy atom. The largest absolute Gasteiger partial charge is 0.465 e. The third-order valence-electron chi connectivity index (χ3n) is 2.55. The summed E-state index contributed by atoms with van der Waals surface area (Å²) < 4.78 is 16.4. The molecule has 1 fully saturated rings. The van der Waals surface area contributed by atoms with Crippen LogP contribution in [0.5, 0.6) is 11.5 Å². The Hall–Kier alpha value is -1.16. The summed E-state index contributed by atoms with van der Waals surface area (Å²) >= 11 is 0. The second-order valence-corrected chi connectivity index (χ2v) is 3.47. The average molecular weight is 181 g/mol. The third-order valence-corrected chi connectivity index (χ3v) is 2.55. The van der Waals surface area contributed by atoms with Crippen molar-refractivity contribution in [3.05, 3.63) is 12.5 Å². The zero-order chi connectivity index (χ0) is 8.73. The quantitative estimate of drug-likeness (QED) is 0.651. The molecule has 0 saturated carbocycles. The van der Waals surface area contributed by atoms with Crippen molar-refractivity contribution in [2.45, 2.75) is 18.6 Å². The van der Waals surface area contributed by atoms with E-state index in [0.717, 1.165) is 37.4 Å². The Morgan fingerprint density at radius 2 is 1.69 bits per heavy atom. The van der Waals surface area contributed by atoms with Gasteiger partial charge in [0.05, 0.1) is 0 Å². The van der Waals surface area contributed by atoms with Gasteiger partial charge in [-0.3, -0.25) is 0 Å². The van der Waals surface area contributed by atoms with Gasteiger partial charge in [-0.15, -0.1) is 0 Å². The summed E-state index contributed by atoms with van der Waals surface area (Å²) in [6.07, 6.45) is 4.96. The highest BCUT2D eigenvalue weighted by molar-refractivity contribution is 5.38. The molecule has 13 heavy (non-hydrogen) atoms. The number of furan rings is 1. The van der Waals surface area contributed by atoms with Gasteiger partial charge < -0.3 is 19.2 Å². The first-order valence-electron chi connectivity index (χ1n) is 4.53. The molecule has 70 valence electrons. The van der Waals surface area contributed by atoms with E-state index in [0.29, 0.717) is 0 Å². The van der Waals surface area contributed by atoms with Gasteiger partial charge >= 0.3 is 0 Å². The van der Waals surface area contributed by atoms with E-state index in [1.807, 2.05) is 0 Å². The summed E-state index contributed by atoms with van der Waals surface area (Å²) in [5.41, 5.74) is 0. The molecule has 0 amide bonds. The number of fused-ring (bicyclic) bond motifs is 1. The predicted octanol–water partition coefficient (Wildman–Crippen LogP) is 1.13. The standard InChI is InChI=1S/C9H11NO3/c1-3-10-4-2-9(1)12-7-5-11-6-8(7)13-9/h5-6,10H,1-4H2. The lowest BCUT2D eigenvalue weighted by Gasteiger charge is -2.31. The zero-order valence-corrected chi connectivity index (χ0v) is 7.21. The molecule has 1 aromatic rings. The highest BCUT2D eigenvalue weighted by Crippen LogP contribution is 2.43. The first-order chi connectivity index (χ1) is 6.38. The van der Waals surface area contributed by atoms with Gasteiger partial charge in [0.2, 0.25) is 11.5 Å². The SMILES string of the molecule is c1occ2c1OC1(CCNCC1)O2. The second-order valence-electron chi connectivity index (χ2n) is 3.47. The van der Waals surface area contributed by atoms with Crippen LogP contribution in [0.4, 0.5) is 0 Å². The number of hydrogen-bond donors (Lipinski definition) is 1. The fourth-order valence-electron chi connectivity index (χ4n) is 1.86. The molecule has 0 bridgehead atoms. The van der Waals surface area contributed by atoms with Crippen LogP contribution < -0.4 is 14.8 Å². The van der Waals surface area contributed by atoms with Crippen LogP contribution in [-0.2, 0) is 0 Å². The highest BCUT2D eigenvalue weighted by atomic mass is 16.7. The highest BCUT2D eigenvalue weighted by Gasteiger charge is 2.43. The summed E-state index contributed by atoms with van der Waals surface area (Å²) in [6.45, 7) is 1.89. The number of rotatable bonds is 0. The molecule has 0 aromatic carbocycles. The number of ether oxygens (including phenoxy) is 2. The zero-order valence-electron chi connectivity index (χ0n) is 7.21. The van der Waals surface area contributed by atoms with Crippen molar-refractivity contribution >= 4 is 0 Å². The Bertz CT molecular complexity index is 292. The molecule has 3 rings (SSSR count). The summed E-state index contributed by atoms with van der Waals surface area (Å²) in [7, 11) is 0. The molecule has 1 N–H and O–H groups in total. The lowest BCUT2D eigenvalue weighted by molar-refractivity contribution is -0.102. The fourth-order valence-corrected chi connectivity index (χ4v) is 1.86. The van der Waals surface area contributed by atoms with Crippen molar-refractivity contribution in [1.29, 1.82) is 0 Å². The van der Waals surface area contributed by atoms with E-state index < -0.39 is 5.79 Å². The summed E-state index contributed by atoms with van der Waals surface area (Å²) in [4.78, 5) is 0. The van der Waals surface area contributed by atoms with Crippen molar-refractivity contribution < 1.29 is 13.9 Å². The van der Waals surface area contributed by atoms with Crippen LogP contribution in [0.3, 0.4) is 0 Å². The van der Waals surface area contributed by atoms with Crippen LogP contribution in [0.25, 0.3) is 0 Å². The molecule has 0 aliphatic carbocycles. The Labute approximate surface area is 75.8 Å². The van der Waals surface area contributed by atoms with Crippen LogP contribution in [-0.4, -0.2) is 18.9 Å². The first-order valence-corrected chi connectivity index (χ1v) is 4.53. The average Bonchev–Trinajstić information content (AvgIpc) is 2.64. The molecule has 1 spiro atoms. The molecule has 1 aromatic heterocycles. The lowest BCUT2D eigenvalue weighted by Crippen LogP contribution is -2.48. The van der Waals surface area contributed by atoms with Gasteiger partial charge in [-0.1, -0.05) is 0 Å². The van der Waals surface area contributed by atoms with E-state index in [2.05, 4.69) is 5.32 Å². The van der Waals surface area contributed by atoms with Gasteiger partial charge in [0.15, 0.2) is 0 Å². The smallest absolute Gasteiger partial charge is 0.254 e. The van der Waals surface area contributed by atoms with Gasteiger partial charge in [-0.2, -0.15) is 0 Å². The van der Waals surface area contributed by atoms with Crippen LogP contribution in [0.1, 0.15) is 12.8 Å². The third kappa shape index (κ3) is 1.02. The van der Waals surface area contributed by atoms with Gasteiger partial charge in [0.25, 0.3) is 5.79 Å². The van der Waals surface area contributed by atoms with E-state index >= 15 is 0 Å². The molecule has 0 atom stereocenters. The Morgan fingerprint density at radius 3 is 2.31 bits per heavy atom. The molecule has 2 aliphatic heterocycles. The minimum absolute atomic E-state index is 0.410.